The number of rotatable bonds is 0. The van der Waals surface area contributed by atoms with Gasteiger partial charge in [0, 0.05) is 0 Å². The molecule has 0 radical (unpaired) electrons. The van der Waals surface area contributed by atoms with Gasteiger partial charge in [0.05, 0.1) is 17.2 Å². The summed E-state index contributed by atoms with van der Waals surface area (Å²) in [6, 6.07) is 6.90. The maximum Gasteiger partial charge on any atom is 0.307 e. The van der Waals surface area contributed by atoms with Gasteiger partial charge in [-0.05, 0) is 12.1 Å². The third-order valence-corrected chi connectivity index (χ3v) is 1.68. The van der Waals surface area contributed by atoms with Crippen molar-refractivity contribution in [1.82, 2.24) is 4.26 Å². The van der Waals surface area contributed by atoms with E-state index in [1.54, 1.807) is 24.3 Å². The van der Waals surface area contributed by atoms with Crippen LogP contribution in [-0.2, 0) is 0 Å². The second-order valence-corrected chi connectivity index (χ2v) is 2.44. The van der Waals surface area contributed by atoms with Crippen LogP contribution >= 0.6 is 11.8 Å². The molecule has 0 atom stereocenters. The summed E-state index contributed by atoms with van der Waals surface area (Å²) < 4.78 is 5.57. The van der Waals surface area contributed by atoms with E-state index in [-0.39, 0.29) is 5.56 Å². The van der Waals surface area contributed by atoms with Crippen LogP contribution in [0.4, 0.5) is 0 Å². The Hall–Kier alpha value is -1.22. The number of para-hydroxylation sites is 1. The monoisotopic (exact) mass is 169 g/mol. The van der Waals surface area contributed by atoms with E-state index in [0.717, 1.165) is 0 Å². The van der Waals surface area contributed by atoms with Crippen LogP contribution in [0.1, 0.15) is 0 Å². The molecule has 2 aromatic rings. The van der Waals surface area contributed by atoms with Gasteiger partial charge in [0.2, 0.25) is 0 Å². The quantitative estimate of drug-likeness (QED) is 0.601. The summed E-state index contributed by atoms with van der Waals surface area (Å²) in [6.45, 7) is 0. The fraction of sp³-hybridized carbons (Fsp3) is 0. The highest BCUT2D eigenvalue weighted by Gasteiger charge is 2.04. The third-order valence-electron chi connectivity index (χ3n) is 1.46. The number of halogens is 1. The zero-order valence-electron chi connectivity index (χ0n) is 5.45. The number of hydrogen-bond acceptors (Lipinski definition) is 2. The maximum atomic E-state index is 11.1. The molecule has 2 rings (SSSR count). The predicted octanol–water partition coefficient (Wildman–Crippen LogP) is 1.60. The lowest BCUT2D eigenvalue weighted by Gasteiger charge is -1.79. The molecule has 0 unspecified atom stereocenters. The second-order valence-electron chi connectivity index (χ2n) is 2.14. The van der Waals surface area contributed by atoms with Gasteiger partial charge in [-0.1, -0.05) is 16.4 Å². The first-order chi connectivity index (χ1) is 5.29. The van der Waals surface area contributed by atoms with Gasteiger partial charge in [0.15, 0.2) is 5.58 Å². The molecule has 0 saturated carbocycles. The van der Waals surface area contributed by atoms with Gasteiger partial charge in [-0.25, -0.2) is 0 Å². The summed E-state index contributed by atoms with van der Waals surface area (Å²) in [7, 11) is 0. The van der Waals surface area contributed by atoms with E-state index >= 15 is 0 Å². The molecule has 11 heavy (non-hydrogen) atoms. The summed E-state index contributed by atoms with van der Waals surface area (Å²) in [5.74, 6) is 0. The minimum absolute atomic E-state index is 0.317. The lowest BCUT2D eigenvalue weighted by atomic mass is 10.3. The molecule has 0 N–H and O–H groups in total. The van der Waals surface area contributed by atoms with Gasteiger partial charge < -0.3 is 4.52 Å². The molecular weight excluding hydrogens is 166 g/mol. The van der Waals surface area contributed by atoms with Crippen molar-refractivity contribution in [3.8, 4) is 0 Å². The number of fused-ring (bicyclic) bond motifs is 1. The number of nitrogens with zero attached hydrogens (tertiary/aromatic N) is 1. The first-order valence-corrected chi connectivity index (χ1v) is 3.40. The highest BCUT2D eigenvalue weighted by atomic mass is 35.5. The van der Waals surface area contributed by atoms with Crippen molar-refractivity contribution < 1.29 is 4.52 Å². The van der Waals surface area contributed by atoms with Crippen LogP contribution in [0.3, 0.4) is 0 Å². The van der Waals surface area contributed by atoms with Crippen LogP contribution in [0, 0.1) is 0 Å². The van der Waals surface area contributed by atoms with Crippen LogP contribution in [0.5, 0.6) is 0 Å². The Labute approximate surface area is 66.9 Å². The Bertz CT molecular complexity index is 443. The van der Waals surface area contributed by atoms with E-state index in [0.29, 0.717) is 15.2 Å². The SMILES string of the molecule is O=c1c2ccccc2on1Cl. The van der Waals surface area contributed by atoms with Crippen LogP contribution in [0.15, 0.2) is 33.6 Å². The largest absolute Gasteiger partial charge is 0.360 e. The summed E-state index contributed by atoms with van der Waals surface area (Å²) in [5, 5.41) is 0.502. The van der Waals surface area contributed by atoms with Gasteiger partial charge >= 0.3 is 5.56 Å². The Balaban J connectivity index is 3.04. The third kappa shape index (κ3) is 0.851. The lowest BCUT2D eigenvalue weighted by molar-refractivity contribution is 0.406. The zero-order chi connectivity index (χ0) is 7.84. The van der Waals surface area contributed by atoms with Crippen molar-refractivity contribution in [1.29, 1.82) is 0 Å². The molecule has 3 nitrogen and oxygen atoms in total. The molecule has 1 heterocycles. The van der Waals surface area contributed by atoms with Gasteiger partial charge in [-0.2, -0.15) is 0 Å². The normalized spacial score (nSPS) is 10.6. The van der Waals surface area contributed by atoms with Gasteiger partial charge in [-0.3, -0.25) is 4.79 Å². The Morgan fingerprint density at radius 1 is 1.36 bits per heavy atom. The van der Waals surface area contributed by atoms with Crippen LogP contribution in [0.2, 0.25) is 0 Å². The summed E-state index contributed by atoms with van der Waals surface area (Å²) >= 11 is 5.39. The fourth-order valence-corrected chi connectivity index (χ4v) is 1.11. The standard InChI is InChI=1S/C7H4ClNO2/c8-9-7(10)5-3-1-2-4-6(5)11-9/h1-4H. The number of hydrogen-bond donors (Lipinski definition) is 0. The first kappa shape index (κ1) is 6.49. The average Bonchev–Trinajstić information content (AvgIpc) is 2.30. The molecular formula is C7H4ClNO2. The molecule has 0 spiro atoms. The predicted molar refractivity (Wildman–Crippen MR) is 41.7 cm³/mol. The summed E-state index contributed by atoms with van der Waals surface area (Å²) in [6.07, 6.45) is 0. The molecule has 0 fully saturated rings. The van der Waals surface area contributed by atoms with Crippen molar-refractivity contribution in [2.75, 3.05) is 0 Å². The molecule has 56 valence electrons. The Morgan fingerprint density at radius 2 is 2.09 bits per heavy atom. The average molecular weight is 170 g/mol. The Morgan fingerprint density at radius 3 is 2.82 bits per heavy atom. The minimum atomic E-state index is -0.317. The van der Waals surface area contributed by atoms with E-state index in [1.807, 2.05) is 0 Å². The maximum absolute atomic E-state index is 11.1. The van der Waals surface area contributed by atoms with Gasteiger partial charge in [0.25, 0.3) is 0 Å². The van der Waals surface area contributed by atoms with Crippen molar-refractivity contribution in [2.24, 2.45) is 0 Å². The molecule has 4 heteroatoms. The topological polar surface area (TPSA) is 35.1 Å². The van der Waals surface area contributed by atoms with Crippen molar-refractivity contribution >= 4 is 22.7 Å². The molecule has 0 aliphatic heterocycles. The summed E-state index contributed by atoms with van der Waals surface area (Å²) in [4.78, 5) is 11.1. The van der Waals surface area contributed by atoms with Gasteiger partial charge in [0.1, 0.15) is 0 Å². The molecule has 0 saturated heterocycles. The zero-order valence-corrected chi connectivity index (χ0v) is 6.21. The molecule has 0 amide bonds. The number of benzene rings is 1. The summed E-state index contributed by atoms with van der Waals surface area (Å²) in [5.41, 5.74) is 0.190. The van der Waals surface area contributed by atoms with E-state index < -0.39 is 0 Å². The minimum Gasteiger partial charge on any atom is -0.360 e. The van der Waals surface area contributed by atoms with Crippen LogP contribution < -0.4 is 5.56 Å². The van der Waals surface area contributed by atoms with Crippen molar-refractivity contribution in [3.63, 3.8) is 0 Å². The molecule has 0 aliphatic rings. The number of aromatic nitrogens is 1. The highest BCUT2D eigenvalue weighted by molar-refractivity contribution is 6.14. The molecule has 0 aliphatic carbocycles. The molecule has 0 bridgehead atoms. The Kier molecular flexibility index (Phi) is 1.26. The van der Waals surface area contributed by atoms with Crippen LogP contribution in [-0.4, -0.2) is 4.26 Å². The highest BCUT2D eigenvalue weighted by Crippen LogP contribution is 2.09. The van der Waals surface area contributed by atoms with Crippen molar-refractivity contribution in [2.45, 2.75) is 0 Å². The second kappa shape index (κ2) is 2.13. The van der Waals surface area contributed by atoms with E-state index in [1.165, 1.54) is 0 Å². The lowest BCUT2D eigenvalue weighted by Crippen LogP contribution is -2.03. The first-order valence-electron chi connectivity index (χ1n) is 3.06. The van der Waals surface area contributed by atoms with E-state index in [2.05, 4.69) is 0 Å². The van der Waals surface area contributed by atoms with Crippen LogP contribution in [0.25, 0.3) is 11.0 Å². The van der Waals surface area contributed by atoms with E-state index in [4.69, 9.17) is 16.3 Å². The molecule has 1 aromatic carbocycles. The smallest absolute Gasteiger partial charge is 0.307 e. The van der Waals surface area contributed by atoms with Crippen molar-refractivity contribution in [3.05, 3.63) is 34.6 Å². The molecule has 1 aromatic heterocycles. The van der Waals surface area contributed by atoms with E-state index in [9.17, 15) is 4.79 Å². The van der Waals surface area contributed by atoms with Gasteiger partial charge in [-0.15, -0.1) is 0 Å². The fourth-order valence-electron chi connectivity index (χ4n) is 0.945.